The van der Waals surface area contributed by atoms with Gasteiger partial charge in [0.2, 0.25) is 5.91 Å². The van der Waals surface area contributed by atoms with Crippen molar-refractivity contribution in [3.8, 4) is 0 Å². The lowest BCUT2D eigenvalue weighted by Crippen LogP contribution is -2.27. The van der Waals surface area contributed by atoms with Gasteiger partial charge in [0.05, 0.1) is 6.42 Å². The van der Waals surface area contributed by atoms with Crippen LogP contribution in [0.2, 0.25) is 0 Å². The number of hydrogen-bond donors (Lipinski definition) is 2. The molecular formula is C28H27ClF2N2O3. The van der Waals surface area contributed by atoms with Gasteiger partial charge in [-0.2, -0.15) is 8.78 Å². The van der Waals surface area contributed by atoms with Crippen molar-refractivity contribution in [2.45, 2.75) is 43.1 Å². The van der Waals surface area contributed by atoms with Crippen LogP contribution in [0.15, 0.2) is 72.8 Å². The molecule has 3 aromatic rings. The van der Waals surface area contributed by atoms with Crippen molar-refractivity contribution in [2.24, 2.45) is 0 Å². The molecule has 3 aromatic carbocycles. The maximum atomic E-state index is 13.9. The predicted molar refractivity (Wildman–Crippen MR) is 137 cm³/mol. The molecule has 0 spiro atoms. The maximum absolute atomic E-state index is 13.9. The van der Waals surface area contributed by atoms with Gasteiger partial charge in [-0.1, -0.05) is 36.4 Å². The lowest BCUT2D eigenvalue weighted by Gasteiger charge is -2.19. The van der Waals surface area contributed by atoms with Gasteiger partial charge in [0.1, 0.15) is 6.10 Å². The van der Waals surface area contributed by atoms with E-state index in [4.69, 9.17) is 11.6 Å². The molecule has 0 aromatic heterocycles. The molecule has 0 saturated heterocycles. The summed E-state index contributed by atoms with van der Waals surface area (Å²) < 4.78 is 27.8. The summed E-state index contributed by atoms with van der Waals surface area (Å²) >= 11 is 6.16. The number of nitrogens with one attached hydrogen (secondary N) is 1. The van der Waals surface area contributed by atoms with Crippen molar-refractivity contribution < 1.29 is 23.5 Å². The van der Waals surface area contributed by atoms with Crippen LogP contribution < -0.4 is 10.2 Å². The molecule has 2 amide bonds. The largest absolute Gasteiger partial charge is 0.387 e. The smallest absolute Gasteiger partial charge is 0.298 e. The van der Waals surface area contributed by atoms with Crippen molar-refractivity contribution in [1.82, 2.24) is 0 Å². The molecule has 0 radical (unpaired) electrons. The Balaban J connectivity index is 1.35. The number of nitrogens with zero attached hydrogens (tertiary/aromatic N) is 1. The molecule has 0 aliphatic heterocycles. The predicted octanol–water partition coefficient (Wildman–Crippen LogP) is 5.71. The summed E-state index contributed by atoms with van der Waals surface area (Å²) in [5, 5.41) is 12.2. The number of aliphatic hydroxyl groups excluding tert-OH is 1. The van der Waals surface area contributed by atoms with Gasteiger partial charge in [0, 0.05) is 40.8 Å². The Hall–Kier alpha value is -3.29. The Kier molecular flexibility index (Phi) is 7.43. The zero-order valence-electron chi connectivity index (χ0n) is 19.9. The minimum Gasteiger partial charge on any atom is -0.387 e. The monoisotopic (exact) mass is 512 g/mol. The Morgan fingerprint density at radius 1 is 1.11 bits per heavy atom. The highest BCUT2D eigenvalue weighted by Gasteiger charge is 2.37. The third-order valence-corrected chi connectivity index (χ3v) is 6.83. The first-order valence-corrected chi connectivity index (χ1v) is 12.1. The van der Waals surface area contributed by atoms with Crippen LogP contribution in [0, 0.1) is 0 Å². The van der Waals surface area contributed by atoms with Crippen LogP contribution in [0.3, 0.4) is 0 Å². The van der Waals surface area contributed by atoms with Gasteiger partial charge in [-0.25, -0.2) is 0 Å². The third-order valence-electron chi connectivity index (χ3n) is 6.35. The fourth-order valence-electron chi connectivity index (χ4n) is 3.96. The Morgan fingerprint density at radius 2 is 1.75 bits per heavy atom. The molecule has 188 valence electrons. The lowest BCUT2D eigenvalue weighted by atomic mass is 10.0. The normalized spacial score (nSPS) is 17.8. The van der Waals surface area contributed by atoms with E-state index in [2.05, 4.69) is 5.32 Å². The van der Waals surface area contributed by atoms with Gasteiger partial charge in [-0.3, -0.25) is 9.59 Å². The van der Waals surface area contributed by atoms with Crippen molar-refractivity contribution in [1.29, 1.82) is 0 Å². The average Bonchev–Trinajstić information content (AvgIpc) is 3.60. The quantitative estimate of drug-likeness (QED) is 0.380. The lowest BCUT2D eigenvalue weighted by molar-refractivity contribution is -0.115. The Bertz CT molecular complexity index is 1250. The van der Waals surface area contributed by atoms with Gasteiger partial charge in [0.15, 0.2) is 0 Å². The highest BCUT2D eigenvalue weighted by molar-refractivity contribution is 6.23. The molecule has 0 bridgehead atoms. The van der Waals surface area contributed by atoms with Gasteiger partial charge >= 0.3 is 0 Å². The average molecular weight is 513 g/mol. The van der Waals surface area contributed by atoms with Crippen LogP contribution in [0.5, 0.6) is 0 Å². The van der Waals surface area contributed by atoms with Gasteiger partial charge in [-0.15, -0.1) is 11.6 Å². The summed E-state index contributed by atoms with van der Waals surface area (Å²) in [7, 11) is 1.71. The number of alkyl halides is 3. The standard InChI is InChI=1S/C28H27ClF2N2O3/c1-17(34)28(30,31)21-10-6-18(7-11-21)14-26(35)32-22-12-8-19(9-13-22)27(36)33(2)23-5-3-4-20(15-23)24-16-25(24)29/h3-13,15,17,24-25,34H,14,16H2,1-2H3,(H,32,35). The summed E-state index contributed by atoms with van der Waals surface area (Å²) in [6.45, 7) is 1.03. The van der Waals surface area contributed by atoms with Crippen LogP contribution in [0.1, 0.15) is 46.3 Å². The van der Waals surface area contributed by atoms with Crippen LogP contribution in [-0.4, -0.2) is 35.4 Å². The summed E-state index contributed by atoms with van der Waals surface area (Å²) in [5.74, 6) is -3.53. The van der Waals surface area contributed by atoms with Crippen LogP contribution in [0.4, 0.5) is 20.2 Å². The van der Waals surface area contributed by atoms with E-state index in [9.17, 15) is 23.5 Å². The summed E-state index contributed by atoms with van der Waals surface area (Å²) in [4.78, 5) is 27.0. The van der Waals surface area contributed by atoms with E-state index in [1.54, 1.807) is 36.2 Å². The Morgan fingerprint density at radius 3 is 2.33 bits per heavy atom. The molecule has 1 fully saturated rings. The van der Waals surface area contributed by atoms with E-state index in [1.165, 1.54) is 24.3 Å². The molecule has 0 heterocycles. The number of aliphatic hydroxyl groups is 1. The molecule has 2 N–H and O–H groups in total. The zero-order chi connectivity index (χ0) is 26.0. The zero-order valence-corrected chi connectivity index (χ0v) is 20.7. The van der Waals surface area contributed by atoms with E-state index >= 15 is 0 Å². The molecule has 4 rings (SSSR count). The number of rotatable bonds is 8. The molecule has 1 aliphatic carbocycles. The summed E-state index contributed by atoms with van der Waals surface area (Å²) in [6, 6.07) is 19.7. The number of benzene rings is 3. The topological polar surface area (TPSA) is 69.6 Å². The number of halogens is 3. The van der Waals surface area contributed by atoms with Crippen LogP contribution in [0.25, 0.3) is 0 Å². The first-order chi connectivity index (χ1) is 17.1. The van der Waals surface area contributed by atoms with Gasteiger partial charge in [-0.05, 0) is 60.9 Å². The second-order valence-electron chi connectivity index (χ2n) is 9.12. The number of carbonyl (C=O) groups excluding carboxylic acids is 2. The second-order valence-corrected chi connectivity index (χ2v) is 9.68. The fourth-order valence-corrected chi connectivity index (χ4v) is 4.29. The van der Waals surface area contributed by atoms with Crippen molar-refractivity contribution in [3.63, 3.8) is 0 Å². The van der Waals surface area contributed by atoms with E-state index in [-0.39, 0.29) is 29.2 Å². The first-order valence-electron chi connectivity index (χ1n) is 11.6. The third kappa shape index (κ3) is 5.74. The van der Waals surface area contributed by atoms with Crippen LogP contribution >= 0.6 is 11.6 Å². The number of anilines is 2. The number of carbonyl (C=O) groups is 2. The maximum Gasteiger partial charge on any atom is 0.298 e. The summed E-state index contributed by atoms with van der Waals surface area (Å²) in [5.41, 5.74) is 3.13. The molecule has 5 nitrogen and oxygen atoms in total. The fraction of sp³-hybridized carbons (Fsp3) is 0.286. The molecule has 3 unspecified atom stereocenters. The van der Waals surface area contributed by atoms with E-state index in [0.29, 0.717) is 22.7 Å². The number of amides is 2. The van der Waals surface area contributed by atoms with E-state index in [0.717, 1.165) is 24.6 Å². The van der Waals surface area contributed by atoms with Crippen molar-refractivity contribution in [2.75, 3.05) is 17.3 Å². The minimum atomic E-state index is -3.36. The molecule has 8 heteroatoms. The minimum absolute atomic E-state index is 0.00948. The summed E-state index contributed by atoms with van der Waals surface area (Å²) in [6.07, 6.45) is -0.877. The first kappa shape index (κ1) is 25.8. The van der Waals surface area contributed by atoms with Gasteiger partial charge in [0.25, 0.3) is 11.8 Å². The van der Waals surface area contributed by atoms with Crippen molar-refractivity contribution >= 4 is 34.8 Å². The highest BCUT2D eigenvalue weighted by atomic mass is 35.5. The molecule has 1 saturated carbocycles. The van der Waals surface area contributed by atoms with E-state index in [1.807, 2.05) is 24.3 Å². The Labute approximate surface area is 213 Å². The van der Waals surface area contributed by atoms with Crippen molar-refractivity contribution in [3.05, 3.63) is 95.1 Å². The molecule has 3 atom stereocenters. The van der Waals surface area contributed by atoms with E-state index < -0.39 is 12.0 Å². The second kappa shape index (κ2) is 10.4. The molecule has 36 heavy (non-hydrogen) atoms. The SMILES string of the molecule is CC(O)C(F)(F)c1ccc(CC(=O)Nc2ccc(C(=O)N(C)c3cccc(C4CC4Cl)c3)cc2)cc1. The van der Waals surface area contributed by atoms with Crippen LogP contribution in [-0.2, 0) is 17.1 Å². The molecular weight excluding hydrogens is 486 g/mol. The molecule has 1 aliphatic rings. The highest BCUT2D eigenvalue weighted by Crippen LogP contribution is 2.45. The number of hydrogen-bond acceptors (Lipinski definition) is 3. The van der Waals surface area contributed by atoms with Gasteiger partial charge < -0.3 is 15.3 Å².